The third kappa shape index (κ3) is 2.66. The third-order valence-corrected chi connectivity index (χ3v) is 4.11. The van der Waals surface area contributed by atoms with Gasteiger partial charge in [0.05, 0.1) is 0 Å². The number of carbonyl (C=O) groups excluding carboxylic acids is 1. The first kappa shape index (κ1) is 12.3. The van der Waals surface area contributed by atoms with Crippen LogP contribution in [-0.2, 0) is 0 Å². The van der Waals surface area contributed by atoms with E-state index in [-0.39, 0.29) is 0 Å². The van der Waals surface area contributed by atoms with Crippen molar-refractivity contribution < 1.29 is 4.79 Å². The lowest BCUT2D eigenvalue weighted by atomic mass is 10.1. The summed E-state index contributed by atoms with van der Waals surface area (Å²) in [6.45, 7) is 2.47. The minimum absolute atomic E-state index is 0.530. The van der Waals surface area contributed by atoms with Gasteiger partial charge in [0.15, 0.2) is 0 Å². The average Bonchev–Trinajstić information content (AvgIpc) is 2.96. The fourth-order valence-electron chi connectivity index (χ4n) is 3.26. The highest BCUT2D eigenvalue weighted by Gasteiger charge is 2.36. The number of nitrogens with zero attached hydrogens (tertiary/aromatic N) is 1. The summed E-state index contributed by atoms with van der Waals surface area (Å²) in [6, 6.07) is 8.44. The summed E-state index contributed by atoms with van der Waals surface area (Å²) in [5, 5.41) is 6.17. The van der Waals surface area contributed by atoms with Gasteiger partial charge in [0.2, 0.25) is 0 Å². The van der Waals surface area contributed by atoms with E-state index in [1.807, 2.05) is 24.3 Å². The number of nitrogens with two attached hydrogens (primary N) is 1. The molecule has 0 radical (unpaired) electrons. The zero-order chi connectivity index (χ0) is 13.2. The molecule has 2 aliphatic heterocycles. The fourth-order valence-corrected chi connectivity index (χ4v) is 3.26. The second-order valence-electron chi connectivity index (χ2n) is 5.35. The monoisotopic (exact) mass is 260 g/mol. The van der Waals surface area contributed by atoms with E-state index in [1.165, 1.54) is 32.4 Å². The molecule has 0 aliphatic carbocycles. The summed E-state index contributed by atoms with van der Waals surface area (Å²) in [5.41, 5.74) is 6.92. The quantitative estimate of drug-likeness (QED) is 0.776. The Hall–Kier alpha value is -1.75. The first-order chi connectivity index (χ1) is 9.22. The second-order valence-corrected chi connectivity index (χ2v) is 5.35. The van der Waals surface area contributed by atoms with Gasteiger partial charge in [-0.2, -0.15) is 0 Å². The van der Waals surface area contributed by atoms with Crippen molar-refractivity contribution in [2.75, 3.05) is 23.7 Å². The molecule has 1 aromatic carbocycles. The van der Waals surface area contributed by atoms with Crippen LogP contribution < -0.4 is 16.4 Å². The van der Waals surface area contributed by atoms with E-state index in [4.69, 9.17) is 5.73 Å². The van der Waals surface area contributed by atoms with E-state index < -0.39 is 6.03 Å². The van der Waals surface area contributed by atoms with Gasteiger partial charge in [0.1, 0.15) is 0 Å². The zero-order valence-corrected chi connectivity index (χ0v) is 10.9. The van der Waals surface area contributed by atoms with Gasteiger partial charge in [-0.1, -0.05) is 0 Å². The molecule has 2 amide bonds. The predicted octanol–water partition coefficient (Wildman–Crippen LogP) is 1.83. The molecule has 2 unspecified atom stereocenters. The maximum Gasteiger partial charge on any atom is 0.316 e. The molecule has 2 heterocycles. The Morgan fingerprint density at radius 2 is 1.89 bits per heavy atom. The number of carbonyl (C=O) groups is 1. The normalized spacial score (nSPS) is 26.1. The summed E-state index contributed by atoms with van der Waals surface area (Å²) < 4.78 is 0. The van der Waals surface area contributed by atoms with E-state index >= 15 is 0 Å². The van der Waals surface area contributed by atoms with Crippen molar-refractivity contribution in [3.8, 4) is 0 Å². The number of nitrogens with one attached hydrogen (secondary N) is 2. The fraction of sp³-hybridized carbons (Fsp3) is 0.500. The van der Waals surface area contributed by atoms with E-state index in [0.29, 0.717) is 12.1 Å². The summed E-state index contributed by atoms with van der Waals surface area (Å²) in [5.74, 6) is 0. The molecule has 3 rings (SSSR count). The van der Waals surface area contributed by atoms with Crippen molar-refractivity contribution in [3.05, 3.63) is 24.3 Å². The molecular formula is C14H20N4O. The molecule has 5 nitrogen and oxygen atoms in total. The average molecular weight is 260 g/mol. The van der Waals surface area contributed by atoms with Crippen molar-refractivity contribution in [1.29, 1.82) is 0 Å². The number of hydrogen-bond acceptors (Lipinski definition) is 3. The molecule has 19 heavy (non-hydrogen) atoms. The molecule has 2 saturated heterocycles. The molecule has 0 aromatic heterocycles. The van der Waals surface area contributed by atoms with Gasteiger partial charge in [-0.15, -0.1) is 0 Å². The number of anilines is 2. The first-order valence-corrected chi connectivity index (χ1v) is 6.89. The van der Waals surface area contributed by atoms with Crippen LogP contribution in [0.3, 0.4) is 0 Å². The smallest absolute Gasteiger partial charge is 0.316 e. The lowest BCUT2D eigenvalue weighted by Crippen LogP contribution is -2.33. The minimum atomic E-state index is -0.530. The van der Waals surface area contributed by atoms with Crippen molar-refractivity contribution in [3.63, 3.8) is 0 Å². The van der Waals surface area contributed by atoms with Gasteiger partial charge >= 0.3 is 6.03 Å². The highest BCUT2D eigenvalue weighted by Crippen LogP contribution is 2.30. The lowest BCUT2D eigenvalue weighted by molar-refractivity contribution is 0.259. The molecule has 4 N–H and O–H groups in total. The Bertz CT molecular complexity index is 459. The molecule has 0 bridgehead atoms. The standard InChI is InChI=1S/C14H20N4O/c15-14(19)17-11-5-3-10(4-6-11)16-12-7-9-18-8-1-2-13(12)18/h3-6,12-13,16H,1-2,7-9H2,(H3,15,17,19). The number of primary amides is 1. The molecule has 1 aromatic rings. The van der Waals surface area contributed by atoms with Crippen LogP contribution in [0, 0.1) is 0 Å². The van der Waals surface area contributed by atoms with Crippen LogP contribution in [-0.4, -0.2) is 36.1 Å². The predicted molar refractivity (Wildman–Crippen MR) is 76.3 cm³/mol. The van der Waals surface area contributed by atoms with Crippen LogP contribution in [0.1, 0.15) is 19.3 Å². The Labute approximate surface area is 113 Å². The van der Waals surface area contributed by atoms with E-state index in [2.05, 4.69) is 15.5 Å². The van der Waals surface area contributed by atoms with Crippen LogP contribution in [0.4, 0.5) is 16.2 Å². The van der Waals surface area contributed by atoms with Crippen LogP contribution in [0.15, 0.2) is 24.3 Å². The van der Waals surface area contributed by atoms with Gasteiger partial charge in [-0.3, -0.25) is 4.90 Å². The maximum atomic E-state index is 10.7. The Balaban J connectivity index is 1.62. The van der Waals surface area contributed by atoms with Gasteiger partial charge in [-0.25, -0.2) is 4.79 Å². The van der Waals surface area contributed by atoms with Crippen LogP contribution in [0.2, 0.25) is 0 Å². The number of urea groups is 1. The third-order valence-electron chi connectivity index (χ3n) is 4.11. The van der Waals surface area contributed by atoms with Gasteiger partial charge in [0, 0.05) is 30.0 Å². The molecule has 0 saturated carbocycles. The number of benzene rings is 1. The number of hydrogen-bond donors (Lipinski definition) is 3. The molecule has 0 spiro atoms. The maximum absolute atomic E-state index is 10.7. The topological polar surface area (TPSA) is 70.4 Å². The first-order valence-electron chi connectivity index (χ1n) is 6.89. The van der Waals surface area contributed by atoms with E-state index in [0.717, 1.165) is 11.4 Å². The highest BCUT2D eigenvalue weighted by molar-refractivity contribution is 5.87. The summed E-state index contributed by atoms with van der Waals surface area (Å²) >= 11 is 0. The van der Waals surface area contributed by atoms with Crippen molar-refractivity contribution >= 4 is 17.4 Å². The summed E-state index contributed by atoms with van der Waals surface area (Å²) in [6.07, 6.45) is 3.84. The van der Waals surface area contributed by atoms with Gasteiger partial charge in [0.25, 0.3) is 0 Å². The van der Waals surface area contributed by atoms with E-state index in [9.17, 15) is 4.79 Å². The second kappa shape index (κ2) is 5.09. The highest BCUT2D eigenvalue weighted by atomic mass is 16.2. The lowest BCUT2D eigenvalue weighted by Gasteiger charge is -2.22. The van der Waals surface area contributed by atoms with Crippen molar-refractivity contribution in [2.24, 2.45) is 5.73 Å². The number of rotatable bonds is 3. The minimum Gasteiger partial charge on any atom is -0.381 e. The van der Waals surface area contributed by atoms with Crippen LogP contribution in [0.5, 0.6) is 0 Å². The molecular weight excluding hydrogens is 240 g/mol. The van der Waals surface area contributed by atoms with Crippen molar-refractivity contribution in [2.45, 2.75) is 31.3 Å². The Kier molecular flexibility index (Phi) is 3.29. The van der Waals surface area contributed by atoms with E-state index in [1.54, 1.807) is 0 Å². The van der Waals surface area contributed by atoms with Crippen LogP contribution in [0.25, 0.3) is 0 Å². The SMILES string of the molecule is NC(=O)Nc1ccc(NC2CCN3CCCC23)cc1. The summed E-state index contributed by atoms with van der Waals surface area (Å²) in [4.78, 5) is 13.3. The van der Waals surface area contributed by atoms with Crippen LogP contribution >= 0.6 is 0 Å². The largest absolute Gasteiger partial charge is 0.381 e. The molecule has 5 heteroatoms. The van der Waals surface area contributed by atoms with Gasteiger partial charge in [-0.05, 0) is 50.1 Å². The Morgan fingerprint density at radius 3 is 2.63 bits per heavy atom. The summed E-state index contributed by atoms with van der Waals surface area (Å²) in [7, 11) is 0. The molecule has 2 fully saturated rings. The van der Waals surface area contributed by atoms with Crippen molar-refractivity contribution in [1.82, 2.24) is 4.90 Å². The zero-order valence-electron chi connectivity index (χ0n) is 10.9. The van der Waals surface area contributed by atoms with Gasteiger partial charge < -0.3 is 16.4 Å². The number of amides is 2. The molecule has 102 valence electrons. The molecule has 2 atom stereocenters. The number of fused-ring (bicyclic) bond motifs is 1. The Morgan fingerprint density at radius 1 is 1.16 bits per heavy atom. The molecule has 2 aliphatic rings.